The van der Waals surface area contributed by atoms with Gasteiger partial charge in [-0.25, -0.2) is 0 Å². The van der Waals surface area contributed by atoms with E-state index >= 15 is 0 Å². The summed E-state index contributed by atoms with van der Waals surface area (Å²) in [6.07, 6.45) is -0.813. The number of halogens is 2. The van der Waals surface area contributed by atoms with Crippen LogP contribution in [0.2, 0.25) is 10.0 Å². The minimum absolute atomic E-state index is 0.506. The minimum Gasteiger partial charge on any atom is -0.384 e. The summed E-state index contributed by atoms with van der Waals surface area (Å²) < 4.78 is 0. The van der Waals surface area contributed by atoms with Crippen LogP contribution in [0.3, 0.4) is 0 Å². The monoisotopic (exact) mass is 323 g/mol. The second-order valence-electron chi connectivity index (χ2n) is 5.43. The number of hydrogen-bond donors (Lipinski definition) is 2. The lowest BCUT2D eigenvalue weighted by atomic mass is 9.99. The first-order chi connectivity index (χ1) is 9.99. The Bertz CT molecular complexity index is 613. The Hall–Kier alpha value is -1.22. The molecule has 1 atom stereocenters. The molecule has 0 spiro atoms. The summed E-state index contributed by atoms with van der Waals surface area (Å²) in [6, 6.07) is 12.8. The Kier molecular flexibility index (Phi) is 5.51. The van der Waals surface area contributed by atoms with Gasteiger partial charge < -0.3 is 10.4 Å². The van der Waals surface area contributed by atoms with Gasteiger partial charge >= 0.3 is 0 Å². The lowest BCUT2D eigenvalue weighted by Crippen LogP contribution is -2.12. The van der Waals surface area contributed by atoms with Gasteiger partial charge in [-0.15, -0.1) is 0 Å². The van der Waals surface area contributed by atoms with Crippen LogP contribution in [-0.4, -0.2) is 11.7 Å². The fraction of sp³-hybridized carbons (Fsp3) is 0.294. The third-order valence-electron chi connectivity index (χ3n) is 3.21. The molecule has 0 amide bonds. The first-order valence-electron chi connectivity index (χ1n) is 6.95. The maximum Gasteiger partial charge on any atom is 0.108 e. The number of nitrogens with one attached hydrogen (secondary N) is 1. The molecule has 2 aromatic rings. The highest BCUT2D eigenvalue weighted by molar-refractivity contribution is 6.31. The predicted octanol–water partition coefficient (Wildman–Crippen LogP) is 5.14. The van der Waals surface area contributed by atoms with Crippen molar-refractivity contribution >= 4 is 28.9 Å². The number of aliphatic hydroxyl groups excluding tert-OH is 1. The van der Waals surface area contributed by atoms with Crippen LogP contribution in [0.25, 0.3) is 0 Å². The summed E-state index contributed by atoms with van der Waals surface area (Å²) in [6.45, 7) is 5.09. The fourth-order valence-corrected chi connectivity index (χ4v) is 2.52. The zero-order chi connectivity index (χ0) is 15.4. The van der Waals surface area contributed by atoms with Crippen molar-refractivity contribution in [1.29, 1.82) is 0 Å². The first-order valence-corrected chi connectivity index (χ1v) is 7.70. The Morgan fingerprint density at radius 2 is 1.76 bits per heavy atom. The summed E-state index contributed by atoms with van der Waals surface area (Å²) in [7, 11) is 0. The van der Waals surface area contributed by atoms with E-state index in [2.05, 4.69) is 19.2 Å². The topological polar surface area (TPSA) is 32.3 Å². The van der Waals surface area contributed by atoms with Gasteiger partial charge in [0.15, 0.2) is 0 Å². The highest BCUT2D eigenvalue weighted by atomic mass is 35.5. The molecular formula is C17H19Cl2NO. The molecule has 2 rings (SSSR count). The van der Waals surface area contributed by atoms with Crippen molar-refractivity contribution in [3.05, 3.63) is 63.6 Å². The van der Waals surface area contributed by atoms with Gasteiger partial charge in [-0.3, -0.25) is 0 Å². The van der Waals surface area contributed by atoms with Gasteiger partial charge in [0.05, 0.1) is 0 Å². The average molecular weight is 324 g/mol. The predicted molar refractivity (Wildman–Crippen MR) is 90.3 cm³/mol. The zero-order valence-corrected chi connectivity index (χ0v) is 13.6. The Morgan fingerprint density at radius 3 is 2.43 bits per heavy atom. The van der Waals surface area contributed by atoms with Crippen molar-refractivity contribution in [3.8, 4) is 0 Å². The van der Waals surface area contributed by atoms with Crippen LogP contribution >= 0.6 is 23.2 Å². The second-order valence-corrected chi connectivity index (χ2v) is 6.27. The number of aliphatic hydroxyl groups is 1. The summed E-state index contributed by atoms with van der Waals surface area (Å²) in [5.41, 5.74) is 2.28. The van der Waals surface area contributed by atoms with Crippen LogP contribution in [0, 0.1) is 5.92 Å². The fourth-order valence-electron chi connectivity index (χ4n) is 2.10. The van der Waals surface area contributed by atoms with Crippen LogP contribution in [0.4, 0.5) is 5.69 Å². The van der Waals surface area contributed by atoms with Crippen molar-refractivity contribution in [2.75, 3.05) is 11.9 Å². The number of rotatable bonds is 5. The average Bonchev–Trinajstić information content (AvgIpc) is 2.45. The second kappa shape index (κ2) is 7.17. The first kappa shape index (κ1) is 16.2. The molecule has 21 heavy (non-hydrogen) atoms. The van der Waals surface area contributed by atoms with E-state index in [1.807, 2.05) is 30.3 Å². The van der Waals surface area contributed by atoms with Crippen molar-refractivity contribution < 1.29 is 5.11 Å². The Balaban J connectivity index is 2.37. The van der Waals surface area contributed by atoms with Gasteiger partial charge in [0.25, 0.3) is 0 Å². The molecule has 2 nitrogen and oxygen atoms in total. The molecule has 112 valence electrons. The maximum absolute atomic E-state index is 10.7. The molecule has 2 N–H and O–H groups in total. The molecule has 0 saturated heterocycles. The van der Waals surface area contributed by atoms with E-state index in [9.17, 15) is 5.11 Å². The Morgan fingerprint density at radius 1 is 1.05 bits per heavy atom. The molecule has 1 unspecified atom stereocenters. The molecule has 4 heteroatoms. The molecule has 0 aliphatic rings. The van der Waals surface area contributed by atoms with Gasteiger partial charge in [-0.1, -0.05) is 55.2 Å². The molecule has 0 fully saturated rings. The minimum atomic E-state index is -0.813. The molecule has 0 saturated carbocycles. The van der Waals surface area contributed by atoms with E-state index in [1.165, 1.54) is 0 Å². The van der Waals surface area contributed by atoms with E-state index < -0.39 is 6.10 Å². The van der Waals surface area contributed by atoms with E-state index in [-0.39, 0.29) is 0 Å². The molecule has 2 aromatic carbocycles. The van der Waals surface area contributed by atoms with Gasteiger partial charge in [-0.05, 0) is 30.2 Å². The van der Waals surface area contributed by atoms with Crippen molar-refractivity contribution in [2.24, 2.45) is 5.92 Å². The summed E-state index contributed by atoms with van der Waals surface area (Å²) >= 11 is 12.3. The van der Waals surface area contributed by atoms with Crippen LogP contribution in [0.1, 0.15) is 31.1 Å². The number of hydrogen-bond acceptors (Lipinski definition) is 2. The maximum atomic E-state index is 10.7. The lowest BCUT2D eigenvalue weighted by Gasteiger charge is -2.19. The van der Waals surface area contributed by atoms with Gasteiger partial charge in [0.1, 0.15) is 6.10 Å². The van der Waals surface area contributed by atoms with E-state index in [4.69, 9.17) is 23.2 Å². The van der Waals surface area contributed by atoms with Crippen LogP contribution in [0.15, 0.2) is 42.5 Å². The van der Waals surface area contributed by atoms with Crippen molar-refractivity contribution in [2.45, 2.75) is 20.0 Å². The molecule has 0 heterocycles. The van der Waals surface area contributed by atoms with Crippen LogP contribution in [-0.2, 0) is 0 Å². The third-order valence-corrected chi connectivity index (χ3v) is 3.79. The number of benzene rings is 2. The van der Waals surface area contributed by atoms with Gasteiger partial charge in [0.2, 0.25) is 0 Å². The SMILES string of the molecule is CC(C)CNc1ccc(Cl)cc1C(O)c1ccccc1Cl. The van der Waals surface area contributed by atoms with Gasteiger partial charge in [0, 0.05) is 33.4 Å². The van der Waals surface area contributed by atoms with E-state index in [0.29, 0.717) is 21.5 Å². The highest BCUT2D eigenvalue weighted by Crippen LogP contribution is 2.34. The van der Waals surface area contributed by atoms with E-state index in [0.717, 1.165) is 17.8 Å². The largest absolute Gasteiger partial charge is 0.384 e. The summed E-state index contributed by atoms with van der Waals surface area (Å²) in [4.78, 5) is 0. The molecular weight excluding hydrogens is 305 g/mol. The van der Waals surface area contributed by atoms with Crippen molar-refractivity contribution in [1.82, 2.24) is 0 Å². The molecule has 0 radical (unpaired) electrons. The molecule has 0 aromatic heterocycles. The smallest absolute Gasteiger partial charge is 0.108 e. The highest BCUT2D eigenvalue weighted by Gasteiger charge is 2.17. The normalized spacial score (nSPS) is 12.5. The Labute approximate surface area is 135 Å². The van der Waals surface area contributed by atoms with Crippen LogP contribution in [0.5, 0.6) is 0 Å². The van der Waals surface area contributed by atoms with Crippen LogP contribution < -0.4 is 5.32 Å². The summed E-state index contributed by atoms with van der Waals surface area (Å²) in [5, 5.41) is 15.1. The zero-order valence-electron chi connectivity index (χ0n) is 12.1. The lowest BCUT2D eigenvalue weighted by molar-refractivity contribution is 0.221. The quantitative estimate of drug-likeness (QED) is 0.798. The van der Waals surface area contributed by atoms with Gasteiger partial charge in [-0.2, -0.15) is 0 Å². The molecule has 0 bridgehead atoms. The van der Waals surface area contributed by atoms with E-state index in [1.54, 1.807) is 12.1 Å². The third kappa shape index (κ3) is 4.13. The standard InChI is InChI=1S/C17H19Cl2NO/c1-11(2)10-20-16-8-7-12(18)9-14(16)17(21)13-5-3-4-6-15(13)19/h3-9,11,17,20-21H,10H2,1-2H3. The summed E-state index contributed by atoms with van der Waals surface area (Å²) in [5.74, 6) is 0.506. The van der Waals surface area contributed by atoms with Crippen molar-refractivity contribution in [3.63, 3.8) is 0 Å². The molecule has 0 aliphatic carbocycles. The number of anilines is 1. The molecule has 0 aliphatic heterocycles.